The number of anilines is 1. The molecule has 0 aliphatic carbocycles. The second kappa shape index (κ2) is 10.4. The summed E-state index contributed by atoms with van der Waals surface area (Å²) < 4.78 is 5.80. The third-order valence-electron chi connectivity index (χ3n) is 6.83. The van der Waals surface area contributed by atoms with Gasteiger partial charge in [-0.2, -0.15) is 0 Å². The van der Waals surface area contributed by atoms with Crippen LogP contribution >= 0.6 is 27.5 Å². The van der Waals surface area contributed by atoms with E-state index in [0.29, 0.717) is 24.1 Å². The first-order valence-electron chi connectivity index (χ1n) is 11.0. The van der Waals surface area contributed by atoms with Crippen LogP contribution < -0.4 is 5.32 Å². The number of carbonyl (C=O) groups excluding carboxylic acids is 2. The minimum absolute atomic E-state index is 0.0893. The van der Waals surface area contributed by atoms with Crippen molar-refractivity contribution in [1.29, 1.82) is 0 Å². The molecule has 1 N–H and O–H groups in total. The zero-order valence-electron chi connectivity index (χ0n) is 18.1. The van der Waals surface area contributed by atoms with Crippen molar-refractivity contribution < 1.29 is 14.3 Å². The highest BCUT2D eigenvalue weighted by Crippen LogP contribution is 2.46. The molecule has 0 radical (unpaired) electrons. The monoisotopic (exact) mass is 518 g/mol. The van der Waals surface area contributed by atoms with Crippen molar-refractivity contribution in [3.05, 3.63) is 64.7 Å². The first kappa shape index (κ1) is 23.3. The van der Waals surface area contributed by atoms with E-state index in [4.69, 9.17) is 16.3 Å². The average molecular weight is 520 g/mol. The van der Waals surface area contributed by atoms with Crippen molar-refractivity contribution in [2.24, 2.45) is 5.92 Å². The van der Waals surface area contributed by atoms with Gasteiger partial charge in [0.2, 0.25) is 5.91 Å². The summed E-state index contributed by atoms with van der Waals surface area (Å²) in [4.78, 5) is 27.1. The summed E-state index contributed by atoms with van der Waals surface area (Å²) in [6.07, 6.45) is 3.77. The van der Waals surface area contributed by atoms with E-state index < -0.39 is 0 Å². The Morgan fingerprint density at radius 1 is 1.12 bits per heavy atom. The molecule has 2 fully saturated rings. The molecule has 0 aromatic heterocycles. The van der Waals surface area contributed by atoms with Crippen molar-refractivity contribution >= 4 is 45.1 Å². The molecule has 2 aromatic rings. The van der Waals surface area contributed by atoms with Crippen molar-refractivity contribution in [3.63, 3.8) is 0 Å². The zero-order valence-corrected chi connectivity index (χ0v) is 20.4. The highest BCUT2D eigenvalue weighted by atomic mass is 79.9. The van der Waals surface area contributed by atoms with Crippen LogP contribution in [0.4, 0.5) is 5.69 Å². The molecule has 2 saturated heterocycles. The molecule has 32 heavy (non-hydrogen) atoms. The van der Waals surface area contributed by atoms with Crippen molar-refractivity contribution in [1.82, 2.24) is 4.90 Å². The van der Waals surface area contributed by atoms with Gasteiger partial charge in [0, 0.05) is 35.1 Å². The maximum Gasteiger partial charge on any atom is 0.311 e. The molecule has 2 aliphatic heterocycles. The molecule has 2 heterocycles. The topological polar surface area (TPSA) is 58.6 Å². The largest absolute Gasteiger partial charge is 0.465 e. The van der Waals surface area contributed by atoms with Gasteiger partial charge in [-0.05, 0) is 61.7 Å². The molecule has 2 unspecified atom stereocenters. The summed E-state index contributed by atoms with van der Waals surface area (Å²) in [6, 6.07) is 16.3. The quantitative estimate of drug-likeness (QED) is 0.412. The van der Waals surface area contributed by atoms with Gasteiger partial charge in [-0.3, -0.25) is 14.5 Å². The molecule has 0 saturated carbocycles. The lowest BCUT2D eigenvalue weighted by atomic mass is 9.76. The zero-order chi connectivity index (χ0) is 22.7. The number of rotatable bonds is 7. The number of hydrogen-bond acceptors (Lipinski definition) is 4. The fourth-order valence-corrected chi connectivity index (χ4v) is 5.42. The Kier molecular flexibility index (Phi) is 7.54. The number of piperidine rings is 1. The molecule has 2 aromatic carbocycles. The number of esters is 1. The van der Waals surface area contributed by atoms with Gasteiger partial charge in [-0.1, -0.05) is 51.8 Å². The van der Waals surface area contributed by atoms with Crippen LogP contribution in [0.25, 0.3) is 0 Å². The number of benzene rings is 2. The van der Waals surface area contributed by atoms with E-state index >= 15 is 0 Å². The van der Waals surface area contributed by atoms with E-state index in [2.05, 4.69) is 33.2 Å². The van der Waals surface area contributed by atoms with Crippen LogP contribution in [0.15, 0.2) is 48.5 Å². The van der Waals surface area contributed by atoms with Crippen LogP contribution in [-0.4, -0.2) is 47.8 Å². The number of ether oxygens (including phenoxy) is 1. The van der Waals surface area contributed by atoms with Crippen LogP contribution in [0.2, 0.25) is 5.02 Å². The molecular formula is C25H28BrClN2O3. The summed E-state index contributed by atoms with van der Waals surface area (Å²) in [6.45, 7) is 0.343. The molecule has 0 spiro atoms. The molecule has 4 rings (SSSR count). The lowest BCUT2D eigenvalue weighted by Crippen LogP contribution is -2.49. The lowest BCUT2D eigenvalue weighted by Gasteiger charge is -2.42. The SMILES string of the molecule is CN1C2CCC1[C@@H](C(=O)OCCc1ccc(NC(=O)CBr)cc1)[C@@H](c1ccc(Cl)cc1)C2. The normalized spacial score (nSPS) is 24.8. The number of carbonyl (C=O) groups is 2. The van der Waals surface area contributed by atoms with Gasteiger partial charge in [-0.15, -0.1) is 0 Å². The first-order valence-corrected chi connectivity index (χ1v) is 12.5. The summed E-state index contributed by atoms with van der Waals surface area (Å²) in [5.74, 6) is -0.204. The second-order valence-electron chi connectivity index (χ2n) is 8.68. The summed E-state index contributed by atoms with van der Waals surface area (Å²) in [5, 5.41) is 3.77. The van der Waals surface area contributed by atoms with Crippen LogP contribution in [-0.2, 0) is 20.7 Å². The number of hydrogen-bond donors (Lipinski definition) is 1. The van der Waals surface area contributed by atoms with Crippen molar-refractivity contribution in [2.75, 3.05) is 24.3 Å². The fraction of sp³-hybridized carbons (Fsp3) is 0.440. The minimum Gasteiger partial charge on any atom is -0.465 e. The number of fused-ring (bicyclic) bond motifs is 2. The van der Waals surface area contributed by atoms with Gasteiger partial charge in [0.25, 0.3) is 0 Å². The van der Waals surface area contributed by atoms with E-state index in [1.807, 2.05) is 48.5 Å². The molecule has 5 nitrogen and oxygen atoms in total. The van der Waals surface area contributed by atoms with E-state index in [1.54, 1.807) is 0 Å². The van der Waals surface area contributed by atoms with E-state index in [0.717, 1.165) is 30.5 Å². The summed E-state index contributed by atoms with van der Waals surface area (Å²) in [5.41, 5.74) is 2.98. The van der Waals surface area contributed by atoms with Gasteiger partial charge in [0.1, 0.15) is 0 Å². The lowest BCUT2D eigenvalue weighted by molar-refractivity contribution is -0.153. The highest BCUT2D eigenvalue weighted by molar-refractivity contribution is 9.09. The predicted molar refractivity (Wildman–Crippen MR) is 130 cm³/mol. The third-order valence-corrected chi connectivity index (χ3v) is 7.59. The van der Waals surface area contributed by atoms with Crippen molar-refractivity contribution in [2.45, 2.75) is 43.7 Å². The van der Waals surface area contributed by atoms with E-state index in [1.165, 1.54) is 5.56 Å². The molecule has 1 amide bonds. The second-order valence-corrected chi connectivity index (χ2v) is 9.68. The molecule has 7 heteroatoms. The Hall–Kier alpha value is -1.89. The van der Waals surface area contributed by atoms with Gasteiger partial charge >= 0.3 is 5.97 Å². The van der Waals surface area contributed by atoms with Crippen LogP contribution in [0.5, 0.6) is 0 Å². The fourth-order valence-electron chi connectivity index (χ4n) is 5.16. The van der Waals surface area contributed by atoms with E-state index in [9.17, 15) is 9.59 Å². The highest BCUT2D eigenvalue weighted by Gasteiger charge is 2.49. The molecule has 2 bridgehead atoms. The Morgan fingerprint density at radius 2 is 1.84 bits per heavy atom. The maximum absolute atomic E-state index is 13.3. The molecule has 2 aliphatic rings. The van der Waals surface area contributed by atoms with Crippen LogP contribution in [0.1, 0.15) is 36.3 Å². The van der Waals surface area contributed by atoms with Crippen LogP contribution in [0, 0.1) is 5.92 Å². The summed E-state index contributed by atoms with van der Waals surface area (Å²) in [7, 11) is 2.14. The Balaban J connectivity index is 1.39. The molecular weight excluding hydrogens is 492 g/mol. The van der Waals surface area contributed by atoms with Crippen LogP contribution in [0.3, 0.4) is 0 Å². The average Bonchev–Trinajstić information content (AvgIpc) is 3.02. The predicted octanol–water partition coefficient (Wildman–Crippen LogP) is 5.03. The van der Waals surface area contributed by atoms with Gasteiger partial charge in [0.15, 0.2) is 0 Å². The van der Waals surface area contributed by atoms with E-state index in [-0.39, 0.29) is 35.1 Å². The Labute approximate surface area is 202 Å². The standard InChI is InChI=1S/C25H28BrClN2O3/c1-29-20-10-11-22(29)24(21(14-20)17-4-6-18(27)7-5-17)25(31)32-13-12-16-2-8-19(9-3-16)28-23(30)15-26/h2-9,20-22,24H,10-15H2,1H3,(H,28,30)/t20?,21-,22?,24+/m1/s1. The number of amides is 1. The smallest absolute Gasteiger partial charge is 0.311 e. The number of alkyl halides is 1. The number of halogens is 2. The molecule has 170 valence electrons. The third kappa shape index (κ3) is 5.19. The minimum atomic E-state index is -0.165. The van der Waals surface area contributed by atoms with Gasteiger partial charge < -0.3 is 10.1 Å². The Bertz CT molecular complexity index is 951. The van der Waals surface area contributed by atoms with Gasteiger partial charge in [0.05, 0.1) is 17.9 Å². The van der Waals surface area contributed by atoms with Gasteiger partial charge in [-0.25, -0.2) is 0 Å². The summed E-state index contributed by atoms with van der Waals surface area (Å²) >= 11 is 9.22. The molecule has 4 atom stereocenters. The number of nitrogens with one attached hydrogen (secondary N) is 1. The maximum atomic E-state index is 13.3. The number of nitrogens with zero attached hydrogens (tertiary/aromatic N) is 1. The Morgan fingerprint density at radius 3 is 2.53 bits per heavy atom. The van der Waals surface area contributed by atoms with Crippen molar-refractivity contribution in [3.8, 4) is 0 Å². The first-order chi connectivity index (χ1) is 15.5.